The maximum absolute atomic E-state index is 13.1. The van der Waals surface area contributed by atoms with Gasteiger partial charge in [0.05, 0.1) is 19.8 Å². The van der Waals surface area contributed by atoms with E-state index in [9.17, 15) is 9.59 Å². The van der Waals surface area contributed by atoms with Crippen LogP contribution in [0.25, 0.3) is 0 Å². The zero-order chi connectivity index (χ0) is 44.4. The number of esters is 2. The highest BCUT2D eigenvalue weighted by Gasteiger charge is 2.26. The van der Waals surface area contributed by atoms with Crippen LogP contribution >= 0.6 is 6.72 Å². The van der Waals surface area contributed by atoms with Crippen molar-refractivity contribution in [2.24, 2.45) is 0 Å². The Hall–Kier alpha value is -2.09. The summed E-state index contributed by atoms with van der Waals surface area (Å²) in [5.41, 5.74) is 1.88. The van der Waals surface area contributed by atoms with Crippen molar-refractivity contribution in [3.63, 3.8) is 0 Å². The molecule has 0 spiro atoms. The van der Waals surface area contributed by atoms with Gasteiger partial charge in [0.25, 0.3) is 0 Å². The van der Waals surface area contributed by atoms with E-state index in [0.717, 1.165) is 49.7 Å². The highest BCUT2D eigenvalue weighted by atomic mass is 32.5. The van der Waals surface area contributed by atoms with Crippen molar-refractivity contribution in [3.05, 3.63) is 71.8 Å². The highest BCUT2D eigenvalue weighted by molar-refractivity contribution is 8.07. The lowest BCUT2D eigenvalue weighted by atomic mass is 10.0. The average Bonchev–Trinajstić information content (AvgIpc) is 3.29. The van der Waals surface area contributed by atoms with Crippen LogP contribution in [0.4, 0.5) is 0 Å². The van der Waals surface area contributed by atoms with Crippen LogP contribution in [0.5, 0.6) is 0 Å². The van der Waals surface area contributed by atoms with Gasteiger partial charge in [-0.15, -0.1) is 0 Å². The van der Waals surface area contributed by atoms with E-state index in [1.54, 1.807) is 0 Å². The van der Waals surface area contributed by atoms with Crippen molar-refractivity contribution >= 4 is 30.5 Å². The zero-order valence-electron chi connectivity index (χ0n) is 39.5. The van der Waals surface area contributed by atoms with E-state index in [2.05, 4.69) is 13.8 Å². The summed E-state index contributed by atoms with van der Waals surface area (Å²) in [5, 5.41) is 0. The Kier molecular flexibility index (Phi) is 36.5. The van der Waals surface area contributed by atoms with Crippen molar-refractivity contribution < 1.29 is 32.6 Å². The van der Waals surface area contributed by atoms with E-state index in [1.165, 1.54) is 154 Å². The van der Waals surface area contributed by atoms with Gasteiger partial charge >= 0.3 is 18.7 Å². The van der Waals surface area contributed by atoms with Gasteiger partial charge in [0.15, 0.2) is 6.10 Å². The molecule has 0 aliphatic heterocycles. The third-order valence-electron chi connectivity index (χ3n) is 11.6. The Morgan fingerprint density at radius 1 is 0.435 bits per heavy atom. The minimum absolute atomic E-state index is 0.0995. The molecule has 0 fully saturated rings. The molecule has 9 heteroatoms. The fourth-order valence-corrected chi connectivity index (χ4v) is 9.33. The Balaban J connectivity index is 1.77. The van der Waals surface area contributed by atoms with Crippen LogP contribution < -0.4 is 0 Å². The van der Waals surface area contributed by atoms with Crippen LogP contribution in [-0.2, 0) is 57.7 Å². The van der Waals surface area contributed by atoms with Gasteiger partial charge in [-0.05, 0) is 35.8 Å². The third-order valence-corrected chi connectivity index (χ3v) is 13.9. The molecule has 0 amide bonds. The number of hydrogen-bond acceptors (Lipinski definition) is 8. The van der Waals surface area contributed by atoms with Crippen molar-refractivity contribution in [2.45, 2.75) is 239 Å². The maximum Gasteiger partial charge on any atom is 0.327 e. The zero-order valence-corrected chi connectivity index (χ0v) is 41.2. The van der Waals surface area contributed by atoms with Crippen molar-refractivity contribution in [1.29, 1.82) is 0 Å². The molecule has 0 radical (unpaired) electrons. The SMILES string of the molecule is CCCCCCCCCCCCCCCCCC(=O)OCC(COP(=S)(OCc1ccccc1)OCc1ccccc1)OC(=O)CCCCCCCCCCCCCCCCC. The molecule has 0 aromatic heterocycles. The third kappa shape index (κ3) is 33.4. The number of unbranched alkanes of at least 4 members (excludes halogenated alkanes) is 28. The summed E-state index contributed by atoms with van der Waals surface area (Å²) in [6, 6.07) is 19.5. The molecule has 62 heavy (non-hydrogen) atoms. The Bertz CT molecular complexity index is 1310. The molecule has 354 valence electrons. The first kappa shape index (κ1) is 56.0. The lowest BCUT2D eigenvalue weighted by Crippen LogP contribution is -2.29. The predicted octanol–water partition coefficient (Wildman–Crippen LogP) is 16.6. The second kappa shape index (κ2) is 40.4. The number of carbonyl (C=O) groups excluding carboxylic acids is 2. The number of hydrogen-bond donors (Lipinski definition) is 0. The summed E-state index contributed by atoms with van der Waals surface area (Å²) >= 11 is 5.89. The Morgan fingerprint density at radius 3 is 1.11 bits per heavy atom. The first-order chi connectivity index (χ1) is 30.4. The summed E-state index contributed by atoms with van der Waals surface area (Å²) in [6.07, 6.45) is 37.8. The standard InChI is InChI=1S/C53H89O7PS/c1-3-5-7-9-11-13-15-17-19-21-23-25-27-29-37-43-52(54)56-47-51(60-53(55)44-38-30-28-26-24-22-20-18-16-14-12-10-8-6-4-2)48-59-61(62,57-45-49-39-33-31-34-40-49)58-46-50-41-35-32-36-42-50/h31-36,39-42,51H,3-30,37-38,43-48H2,1-2H3. The second-order valence-corrected chi connectivity index (χ2v) is 20.5. The quantitative estimate of drug-likeness (QED) is 0.0370. The minimum Gasteiger partial charge on any atom is -0.462 e. The topological polar surface area (TPSA) is 80.3 Å². The van der Waals surface area contributed by atoms with Crippen LogP contribution in [-0.4, -0.2) is 31.3 Å². The first-order valence-electron chi connectivity index (χ1n) is 25.4. The molecule has 2 rings (SSSR count). The largest absolute Gasteiger partial charge is 0.462 e. The van der Waals surface area contributed by atoms with E-state index in [1.807, 2.05) is 60.7 Å². The monoisotopic (exact) mass is 901 g/mol. The van der Waals surface area contributed by atoms with E-state index in [4.69, 9.17) is 34.9 Å². The molecule has 0 bridgehead atoms. The normalized spacial score (nSPS) is 12.1. The lowest BCUT2D eigenvalue weighted by Gasteiger charge is -2.25. The fraction of sp³-hybridized carbons (Fsp3) is 0.736. The van der Waals surface area contributed by atoms with E-state index < -0.39 is 12.8 Å². The summed E-state index contributed by atoms with van der Waals surface area (Å²) in [4.78, 5) is 26.0. The van der Waals surface area contributed by atoms with E-state index >= 15 is 0 Å². The van der Waals surface area contributed by atoms with Gasteiger partial charge in [0.1, 0.15) is 6.61 Å². The molecule has 0 heterocycles. The van der Waals surface area contributed by atoms with Crippen LogP contribution in [0.15, 0.2) is 60.7 Å². The first-order valence-corrected chi connectivity index (χ1v) is 28.0. The molecule has 0 aliphatic rings. The average molecular weight is 901 g/mol. The number of ether oxygens (including phenoxy) is 2. The van der Waals surface area contributed by atoms with Crippen molar-refractivity contribution in [2.75, 3.05) is 13.2 Å². The van der Waals surface area contributed by atoms with Gasteiger partial charge in [-0.3, -0.25) is 9.59 Å². The number of carbonyl (C=O) groups is 2. The summed E-state index contributed by atoms with van der Waals surface area (Å²) in [7, 11) is 0. The number of benzene rings is 2. The molecule has 1 unspecified atom stereocenters. The van der Waals surface area contributed by atoms with E-state index in [-0.39, 0.29) is 38.4 Å². The van der Waals surface area contributed by atoms with Crippen molar-refractivity contribution in [1.82, 2.24) is 0 Å². The smallest absolute Gasteiger partial charge is 0.327 e. The predicted molar refractivity (Wildman–Crippen MR) is 263 cm³/mol. The van der Waals surface area contributed by atoms with Gasteiger partial charge in [-0.2, -0.15) is 0 Å². The molecular weight excluding hydrogens is 812 g/mol. The Morgan fingerprint density at radius 2 is 0.758 bits per heavy atom. The molecule has 2 aromatic carbocycles. The molecule has 0 saturated carbocycles. The number of rotatable bonds is 44. The second-order valence-electron chi connectivity index (χ2n) is 17.5. The molecule has 2 aromatic rings. The molecule has 7 nitrogen and oxygen atoms in total. The fourth-order valence-electron chi connectivity index (χ4n) is 7.64. The van der Waals surface area contributed by atoms with Crippen LogP contribution in [0.1, 0.15) is 230 Å². The maximum atomic E-state index is 13.1. The van der Waals surface area contributed by atoms with Gasteiger partial charge in [-0.1, -0.05) is 254 Å². The summed E-state index contributed by atoms with van der Waals surface area (Å²) in [5.74, 6) is -0.612. The molecule has 0 saturated heterocycles. The van der Waals surface area contributed by atoms with Gasteiger partial charge in [0, 0.05) is 12.8 Å². The minimum atomic E-state index is -3.29. The lowest BCUT2D eigenvalue weighted by molar-refractivity contribution is -0.161. The molecule has 0 aliphatic carbocycles. The van der Waals surface area contributed by atoms with Gasteiger partial charge in [0.2, 0.25) is 0 Å². The van der Waals surface area contributed by atoms with Crippen molar-refractivity contribution in [3.8, 4) is 0 Å². The molecular formula is C53H89O7PS. The van der Waals surface area contributed by atoms with Crippen LogP contribution in [0.3, 0.4) is 0 Å². The highest BCUT2D eigenvalue weighted by Crippen LogP contribution is 2.51. The van der Waals surface area contributed by atoms with Gasteiger partial charge in [-0.25, -0.2) is 0 Å². The van der Waals surface area contributed by atoms with E-state index in [0.29, 0.717) is 12.8 Å². The van der Waals surface area contributed by atoms with Crippen LogP contribution in [0, 0.1) is 0 Å². The van der Waals surface area contributed by atoms with Crippen LogP contribution in [0.2, 0.25) is 0 Å². The molecule has 0 N–H and O–H groups in total. The van der Waals surface area contributed by atoms with Gasteiger partial charge < -0.3 is 23.0 Å². The summed E-state index contributed by atoms with van der Waals surface area (Å²) < 4.78 is 30.1. The summed E-state index contributed by atoms with van der Waals surface area (Å²) in [6.45, 7) is 1.48. The molecule has 1 atom stereocenters. The Labute approximate surface area is 385 Å².